The van der Waals surface area contributed by atoms with E-state index in [-0.39, 0.29) is 0 Å². The lowest BCUT2D eigenvalue weighted by atomic mass is 10.1. The molecule has 0 bridgehead atoms. The van der Waals surface area contributed by atoms with Crippen LogP contribution in [0.3, 0.4) is 0 Å². The lowest BCUT2D eigenvalue weighted by Crippen LogP contribution is -2.03. The first-order valence-electron chi connectivity index (χ1n) is 7.35. The monoisotopic (exact) mass is 305 g/mol. The Bertz CT molecular complexity index is 942. The van der Waals surface area contributed by atoms with Crippen LogP contribution in [-0.2, 0) is 6.42 Å². The molecule has 3 aromatic heterocycles. The van der Waals surface area contributed by atoms with Gasteiger partial charge in [0.05, 0.1) is 13.4 Å². The molecule has 0 N–H and O–H groups in total. The molecule has 23 heavy (non-hydrogen) atoms. The molecule has 0 saturated carbocycles. The molecule has 114 valence electrons. The van der Waals surface area contributed by atoms with Crippen LogP contribution in [0, 0.1) is 0 Å². The molecule has 3 heterocycles. The Kier molecular flexibility index (Phi) is 3.31. The highest BCUT2D eigenvalue weighted by molar-refractivity contribution is 5.73. The van der Waals surface area contributed by atoms with E-state index in [2.05, 4.69) is 4.98 Å². The maximum absolute atomic E-state index is 5.57. The smallest absolute Gasteiger partial charge is 0.206 e. The van der Waals surface area contributed by atoms with Crippen molar-refractivity contribution in [3.05, 3.63) is 72.4 Å². The molecule has 0 saturated heterocycles. The summed E-state index contributed by atoms with van der Waals surface area (Å²) in [7, 11) is 1.68. The van der Waals surface area contributed by atoms with Crippen LogP contribution in [0.1, 0.15) is 11.4 Å². The molecule has 4 rings (SSSR count). The largest absolute Gasteiger partial charge is 0.496 e. The van der Waals surface area contributed by atoms with Gasteiger partial charge in [-0.05, 0) is 24.3 Å². The van der Waals surface area contributed by atoms with Crippen LogP contribution in [0.2, 0.25) is 0 Å². The molecular weight excluding hydrogens is 290 g/mol. The molecular formula is C18H15N3O2. The minimum absolute atomic E-state index is 0.626. The van der Waals surface area contributed by atoms with Gasteiger partial charge >= 0.3 is 0 Å². The number of para-hydroxylation sites is 1. The summed E-state index contributed by atoms with van der Waals surface area (Å²) in [6, 6.07) is 15.5. The highest BCUT2D eigenvalue weighted by atomic mass is 16.5. The minimum atomic E-state index is 0.626. The zero-order valence-corrected chi connectivity index (χ0v) is 12.6. The molecule has 0 fully saturated rings. The molecule has 5 nitrogen and oxygen atoms in total. The lowest BCUT2D eigenvalue weighted by Gasteiger charge is -2.09. The average molecular weight is 305 g/mol. The first-order chi connectivity index (χ1) is 11.4. The summed E-state index contributed by atoms with van der Waals surface area (Å²) in [6.45, 7) is 0. The van der Waals surface area contributed by atoms with E-state index < -0.39 is 0 Å². The maximum atomic E-state index is 5.57. The van der Waals surface area contributed by atoms with Gasteiger partial charge in [-0.25, -0.2) is 14.5 Å². The zero-order chi connectivity index (χ0) is 15.6. The van der Waals surface area contributed by atoms with Crippen molar-refractivity contribution in [2.45, 2.75) is 6.42 Å². The summed E-state index contributed by atoms with van der Waals surface area (Å²) in [6.07, 6.45) is 4.04. The molecule has 0 radical (unpaired) electrons. The highest BCUT2D eigenvalue weighted by Crippen LogP contribution is 2.25. The van der Waals surface area contributed by atoms with E-state index in [0.717, 1.165) is 28.3 Å². The van der Waals surface area contributed by atoms with Gasteiger partial charge in [0.1, 0.15) is 17.1 Å². The third-order valence-electron chi connectivity index (χ3n) is 3.75. The summed E-state index contributed by atoms with van der Waals surface area (Å²) >= 11 is 0. The normalized spacial score (nSPS) is 11.0. The molecule has 0 aliphatic carbocycles. The van der Waals surface area contributed by atoms with E-state index in [0.29, 0.717) is 12.3 Å². The SMILES string of the molecule is COc1ccccc1Cc1nc2cccnc2n1-c1ccco1. The van der Waals surface area contributed by atoms with Crippen LogP contribution < -0.4 is 4.74 Å². The second kappa shape index (κ2) is 5.61. The third kappa shape index (κ3) is 2.36. The topological polar surface area (TPSA) is 53.1 Å². The fourth-order valence-electron chi connectivity index (χ4n) is 2.73. The predicted molar refractivity (Wildman–Crippen MR) is 86.9 cm³/mol. The number of pyridine rings is 1. The van der Waals surface area contributed by atoms with Crippen LogP contribution in [0.5, 0.6) is 5.75 Å². The van der Waals surface area contributed by atoms with Gasteiger partial charge in [0.2, 0.25) is 5.88 Å². The van der Waals surface area contributed by atoms with Gasteiger partial charge < -0.3 is 9.15 Å². The number of hydrogen-bond donors (Lipinski definition) is 0. The standard InChI is InChI=1S/C18H15N3O2/c1-22-15-8-3-2-6-13(15)12-16-20-14-7-4-10-19-18(14)21(16)17-9-5-11-23-17/h2-11H,12H2,1H3. The molecule has 0 aliphatic rings. The van der Waals surface area contributed by atoms with E-state index >= 15 is 0 Å². The van der Waals surface area contributed by atoms with E-state index in [1.807, 2.05) is 53.1 Å². The van der Waals surface area contributed by atoms with Crippen molar-refractivity contribution in [2.75, 3.05) is 7.11 Å². The third-order valence-corrected chi connectivity index (χ3v) is 3.75. The molecule has 1 aromatic carbocycles. The van der Waals surface area contributed by atoms with Gasteiger partial charge in [-0.15, -0.1) is 0 Å². The first-order valence-corrected chi connectivity index (χ1v) is 7.35. The summed E-state index contributed by atoms with van der Waals surface area (Å²) in [5, 5.41) is 0. The Morgan fingerprint density at radius 1 is 1.09 bits per heavy atom. The quantitative estimate of drug-likeness (QED) is 0.578. The summed E-state index contributed by atoms with van der Waals surface area (Å²) in [4.78, 5) is 9.18. The maximum Gasteiger partial charge on any atom is 0.206 e. The number of aromatic nitrogens is 3. The van der Waals surface area contributed by atoms with E-state index in [1.165, 1.54) is 0 Å². The fourth-order valence-corrected chi connectivity index (χ4v) is 2.73. The number of nitrogens with zero attached hydrogens (tertiary/aromatic N) is 3. The van der Waals surface area contributed by atoms with Crippen molar-refractivity contribution in [3.8, 4) is 11.6 Å². The first kappa shape index (κ1) is 13.6. The number of benzene rings is 1. The van der Waals surface area contributed by atoms with Gasteiger partial charge in [-0.2, -0.15) is 0 Å². The van der Waals surface area contributed by atoms with Crippen molar-refractivity contribution < 1.29 is 9.15 Å². The average Bonchev–Trinajstić information content (AvgIpc) is 3.22. The Labute approximate surface area is 133 Å². The number of rotatable bonds is 4. The fraction of sp³-hybridized carbons (Fsp3) is 0.111. The van der Waals surface area contributed by atoms with Crippen molar-refractivity contribution >= 4 is 11.2 Å². The summed E-state index contributed by atoms with van der Waals surface area (Å²) < 4.78 is 13.0. The minimum Gasteiger partial charge on any atom is -0.496 e. The number of fused-ring (bicyclic) bond motifs is 1. The van der Waals surface area contributed by atoms with Gasteiger partial charge in [0.15, 0.2) is 5.65 Å². The second-order valence-electron chi connectivity index (χ2n) is 5.15. The van der Waals surface area contributed by atoms with E-state index in [9.17, 15) is 0 Å². The van der Waals surface area contributed by atoms with Crippen LogP contribution in [0.15, 0.2) is 65.4 Å². The van der Waals surface area contributed by atoms with Crippen molar-refractivity contribution in [1.29, 1.82) is 0 Å². The Morgan fingerprint density at radius 3 is 2.83 bits per heavy atom. The summed E-state index contributed by atoms with van der Waals surface area (Å²) in [5.74, 6) is 2.41. The molecule has 0 atom stereocenters. The number of ether oxygens (including phenoxy) is 1. The molecule has 4 aromatic rings. The van der Waals surface area contributed by atoms with Gasteiger partial charge in [-0.3, -0.25) is 0 Å². The second-order valence-corrected chi connectivity index (χ2v) is 5.15. The molecule has 0 unspecified atom stereocenters. The van der Waals surface area contributed by atoms with Crippen molar-refractivity contribution in [3.63, 3.8) is 0 Å². The Hall–Kier alpha value is -3.08. The van der Waals surface area contributed by atoms with E-state index in [4.69, 9.17) is 14.1 Å². The van der Waals surface area contributed by atoms with E-state index in [1.54, 1.807) is 19.6 Å². The van der Waals surface area contributed by atoms with Gasteiger partial charge in [0.25, 0.3) is 0 Å². The highest BCUT2D eigenvalue weighted by Gasteiger charge is 2.16. The Morgan fingerprint density at radius 2 is 2.00 bits per heavy atom. The number of hydrogen-bond acceptors (Lipinski definition) is 4. The lowest BCUT2D eigenvalue weighted by molar-refractivity contribution is 0.410. The predicted octanol–water partition coefficient (Wildman–Crippen LogP) is 3.61. The molecule has 5 heteroatoms. The van der Waals surface area contributed by atoms with Crippen LogP contribution in [-0.4, -0.2) is 21.6 Å². The number of methoxy groups -OCH3 is 1. The van der Waals surface area contributed by atoms with Gasteiger partial charge in [0, 0.05) is 24.2 Å². The Balaban J connectivity index is 1.88. The van der Waals surface area contributed by atoms with Crippen LogP contribution in [0.4, 0.5) is 0 Å². The molecule has 0 spiro atoms. The van der Waals surface area contributed by atoms with Crippen LogP contribution in [0.25, 0.3) is 17.0 Å². The van der Waals surface area contributed by atoms with Crippen LogP contribution >= 0.6 is 0 Å². The zero-order valence-electron chi connectivity index (χ0n) is 12.6. The van der Waals surface area contributed by atoms with Gasteiger partial charge in [-0.1, -0.05) is 18.2 Å². The van der Waals surface area contributed by atoms with Crippen molar-refractivity contribution in [2.24, 2.45) is 0 Å². The number of imidazole rings is 1. The number of furan rings is 1. The van der Waals surface area contributed by atoms with Crippen molar-refractivity contribution in [1.82, 2.24) is 14.5 Å². The molecule has 0 amide bonds. The summed E-state index contributed by atoms with van der Waals surface area (Å²) in [5.41, 5.74) is 2.69. The molecule has 0 aliphatic heterocycles.